The number of hydrogen-bond donors (Lipinski definition) is 2. The van der Waals surface area contributed by atoms with Crippen LogP contribution in [0.2, 0.25) is 0 Å². The van der Waals surface area contributed by atoms with Crippen molar-refractivity contribution in [3.63, 3.8) is 0 Å². The maximum absolute atomic E-state index is 13.2. The lowest BCUT2D eigenvalue weighted by Gasteiger charge is -2.19. The van der Waals surface area contributed by atoms with Crippen LogP contribution in [0.25, 0.3) is 0 Å². The third-order valence-corrected chi connectivity index (χ3v) is 3.69. The van der Waals surface area contributed by atoms with Gasteiger partial charge >= 0.3 is 5.97 Å². The van der Waals surface area contributed by atoms with Gasteiger partial charge in [-0.05, 0) is 46.0 Å². The molecule has 0 spiro atoms. The van der Waals surface area contributed by atoms with Crippen LogP contribution in [-0.2, 0) is 16.8 Å². The third kappa shape index (κ3) is 1.38. The van der Waals surface area contributed by atoms with E-state index in [2.05, 4.69) is 15.9 Å². The molecule has 0 saturated carbocycles. The van der Waals surface area contributed by atoms with Gasteiger partial charge < -0.3 is 10.8 Å². The molecule has 0 radical (unpaired) electrons. The first-order valence-electron chi connectivity index (χ1n) is 4.46. The molecule has 0 amide bonds. The highest BCUT2D eigenvalue weighted by Crippen LogP contribution is 2.39. The van der Waals surface area contributed by atoms with Crippen molar-refractivity contribution in [2.75, 3.05) is 0 Å². The van der Waals surface area contributed by atoms with Crippen LogP contribution in [0.1, 0.15) is 17.5 Å². The van der Waals surface area contributed by atoms with E-state index >= 15 is 0 Å². The molecular formula is C10H9BrFNO2. The van der Waals surface area contributed by atoms with Gasteiger partial charge in [0.1, 0.15) is 11.4 Å². The number of halogens is 2. The molecule has 1 aliphatic rings. The van der Waals surface area contributed by atoms with E-state index in [4.69, 9.17) is 10.8 Å². The van der Waals surface area contributed by atoms with Gasteiger partial charge in [0.15, 0.2) is 0 Å². The monoisotopic (exact) mass is 273 g/mol. The number of fused-ring (bicyclic) bond motifs is 1. The minimum absolute atomic E-state index is 0.305. The van der Waals surface area contributed by atoms with Crippen LogP contribution in [0.4, 0.5) is 4.39 Å². The van der Waals surface area contributed by atoms with Crippen molar-refractivity contribution in [3.8, 4) is 0 Å². The molecular weight excluding hydrogens is 265 g/mol. The van der Waals surface area contributed by atoms with E-state index in [1.165, 1.54) is 12.1 Å². The molecule has 3 N–H and O–H groups in total. The SMILES string of the molecule is NC1(C(=O)O)CCc2c1ccc(F)c2Br. The van der Waals surface area contributed by atoms with Gasteiger partial charge in [0.25, 0.3) is 0 Å². The van der Waals surface area contributed by atoms with E-state index in [1.807, 2.05) is 0 Å². The number of carboxylic acids is 1. The van der Waals surface area contributed by atoms with Gasteiger partial charge in [-0.2, -0.15) is 0 Å². The molecule has 0 aromatic heterocycles. The van der Waals surface area contributed by atoms with E-state index < -0.39 is 11.5 Å². The lowest BCUT2D eigenvalue weighted by atomic mass is 9.93. The van der Waals surface area contributed by atoms with Gasteiger partial charge in [-0.1, -0.05) is 6.07 Å². The van der Waals surface area contributed by atoms with Crippen LogP contribution in [0, 0.1) is 5.82 Å². The van der Waals surface area contributed by atoms with E-state index in [1.54, 1.807) is 0 Å². The Bertz CT molecular complexity index is 449. The molecule has 1 aromatic carbocycles. The first-order chi connectivity index (χ1) is 6.97. The maximum atomic E-state index is 13.2. The highest BCUT2D eigenvalue weighted by molar-refractivity contribution is 9.10. The second-order valence-corrected chi connectivity index (χ2v) is 4.46. The molecule has 1 aliphatic carbocycles. The largest absolute Gasteiger partial charge is 0.480 e. The van der Waals surface area contributed by atoms with Crippen LogP contribution >= 0.6 is 15.9 Å². The van der Waals surface area contributed by atoms with Gasteiger partial charge in [-0.3, -0.25) is 0 Å². The standard InChI is InChI=1S/C10H9BrFNO2/c11-8-5-3-4-10(13,9(14)15)6(5)1-2-7(8)12/h1-2H,3-4,13H2,(H,14,15). The Hall–Kier alpha value is -0.940. The van der Waals surface area contributed by atoms with Gasteiger partial charge in [0.05, 0.1) is 4.47 Å². The minimum atomic E-state index is -1.37. The molecule has 0 aliphatic heterocycles. The fourth-order valence-electron chi connectivity index (χ4n) is 1.93. The molecule has 0 fully saturated rings. The summed E-state index contributed by atoms with van der Waals surface area (Å²) in [6.45, 7) is 0. The Labute approximate surface area is 94.2 Å². The zero-order valence-electron chi connectivity index (χ0n) is 7.76. The first kappa shape index (κ1) is 10.6. The van der Waals surface area contributed by atoms with Gasteiger partial charge in [0, 0.05) is 0 Å². The Balaban J connectivity index is 2.63. The van der Waals surface area contributed by atoms with Crippen molar-refractivity contribution in [3.05, 3.63) is 33.5 Å². The number of hydrogen-bond acceptors (Lipinski definition) is 2. The molecule has 3 nitrogen and oxygen atoms in total. The average Bonchev–Trinajstić information content (AvgIpc) is 2.52. The Morgan fingerprint density at radius 2 is 2.27 bits per heavy atom. The van der Waals surface area contributed by atoms with Crippen LogP contribution in [0.5, 0.6) is 0 Å². The molecule has 5 heteroatoms. The van der Waals surface area contributed by atoms with E-state index in [9.17, 15) is 9.18 Å². The third-order valence-electron chi connectivity index (χ3n) is 2.83. The summed E-state index contributed by atoms with van der Waals surface area (Å²) in [5, 5.41) is 9.05. The predicted octanol–water partition coefficient (Wildman–Crippen LogP) is 1.77. The van der Waals surface area contributed by atoms with Gasteiger partial charge in [-0.25, -0.2) is 9.18 Å². The Kier molecular flexibility index (Phi) is 2.31. The fraction of sp³-hybridized carbons (Fsp3) is 0.300. The number of aliphatic carboxylic acids is 1. The number of rotatable bonds is 1. The lowest BCUT2D eigenvalue weighted by Crippen LogP contribution is -2.42. The number of benzene rings is 1. The molecule has 1 aromatic rings. The Morgan fingerprint density at radius 1 is 1.60 bits per heavy atom. The lowest BCUT2D eigenvalue weighted by molar-refractivity contribution is -0.143. The molecule has 1 atom stereocenters. The summed E-state index contributed by atoms with van der Waals surface area (Å²) in [4.78, 5) is 11.0. The molecule has 0 heterocycles. The smallest absolute Gasteiger partial charge is 0.328 e. The average molecular weight is 274 g/mol. The van der Waals surface area contributed by atoms with Crippen molar-refractivity contribution < 1.29 is 14.3 Å². The number of carbonyl (C=O) groups is 1. The van der Waals surface area contributed by atoms with E-state index in [0.717, 1.165) is 0 Å². The molecule has 0 bridgehead atoms. The summed E-state index contributed by atoms with van der Waals surface area (Å²) in [6, 6.07) is 2.69. The van der Waals surface area contributed by atoms with Crippen LogP contribution < -0.4 is 5.73 Å². The van der Waals surface area contributed by atoms with Gasteiger partial charge in [-0.15, -0.1) is 0 Å². The molecule has 15 heavy (non-hydrogen) atoms. The zero-order valence-corrected chi connectivity index (χ0v) is 9.34. The summed E-state index contributed by atoms with van der Waals surface area (Å²) < 4.78 is 13.5. The maximum Gasteiger partial charge on any atom is 0.328 e. The molecule has 1 unspecified atom stereocenters. The van der Waals surface area contributed by atoms with Crippen molar-refractivity contribution >= 4 is 21.9 Å². The van der Waals surface area contributed by atoms with E-state index in [-0.39, 0.29) is 5.82 Å². The number of carboxylic acid groups (broad SMARTS) is 1. The molecule has 80 valence electrons. The predicted molar refractivity (Wildman–Crippen MR) is 55.9 cm³/mol. The normalized spacial score (nSPS) is 23.9. The minimum Gasteiger partial charge on any atom is -0.480 e. The van der Waals surface area contributed by atoms with Crippen molar-refractivity contribution in [1.29, 1.82) is 0 Å². The summed E-state index contributed by atoms with van der Waals surface area (Å²) in [5.74, 6) is -1.46. The second-order valence-electron chi connectivity index (χ2n) is 3.66. The highest BCUT2D eigenvalue weighted by atomic mass is 79.9. The van der Waals surface area contributed by atoms with Crippen molar-refractivity contribution in [2.24, 2.45) is 5.73 Å². The van der Waals surface area contributed by atoms with Crippen LogP contribution in [0.15, 0.2) is 16.6 Å². The molecule has 2 rings (SSSR count). The summed E-state index contributed by atoms with van der Waals surface area (Å²) in [5.41, 5.74) is 5.59. The summed E-state index contributed by atoms with van der Waals surface area (Å²) >= 11 is 3.11. The second kappa shape index (κ2) is 3.28. The quantitative estimate of drug-likeness (QED) is 0.820. The number of nitrogens with two attached hydrogens (primary N) is 1. The van der Waals surface area contributed by atoms with E-state index in [0.29, 0.717) is 28.4 Å². The van der Waals surface area contributed by atoms with Crippen LogP contribution in [-0.4, -0.2) is 11.1 Å². The zero-order chi connectivity index (χ0) is 11.2. The summed E-state index contributed by atoms with van der Waals surface area (Å²) in [6.07, 6.45) is 0.788. The topological polar surface area (TPSA) is 63.3 Å². The first-order valence-corrected chi connectivity index (χ1v) is 5.26. The fourth-order valence-corrected chi connectivity index (χ4v) is 2.48. The van der Waals surface area contributed by atoms with Crippen molar-refractivity contribution in [1.82, 2.24) is 0 Å². The van der Waals surface area contributed by atoms with Gasteiger partial charge in [0.2, 0.25) is 0 Å². The summed E-state index contributed by atoms with van der Waals surface area (Å²) in [7, 11) is 0. The molecule has 0 saturated heterocycles. The Morgan fingerprint density at radius 3 is 2.87 bits per heavy atom. The van der Waals surface area contributed by atoms with Crippen LogP contribution in [0.3, 0.4) is 0 Å². The highest BCUT2D eigenvalue weighted by Gasteiger charge is 2.43. The van der Waals surface area contributed by atoms with Crippen molar-refractivity contribution in [2.45, 2.75) is 18.4 Å².